The first-order valence-electron chi connectivity index (χ1n) is 6.57. The van der Waals surface area contributed by atoms with E-state index in [0.29, 0.717) is 13.2 Å². The number of rotatable bonds is 5. The summed E-state index contributed by atoms with van der Waals surface area (Å²) in [6.07, 6.45) is 2.49. The summed E-state index contributed by atoms with van der Waals surface area (Å²) in [5.41, 5.74) is 2.67. The van der Waals surface area contributed by atoms with Gasteiger partial charge in [0.15, 0.2) is 0 Å². The molecule has 106 valence electrons. The Kier molecular flexibility index (Phi) is 7.00. The lowest BCUT2D eigenvalue weighted by Gasteiger charge is -2.32. The number of hydrogen-bond acceptors (Lipinski definition) is 4. The molecule has 0 aromatic heterocycles. The van der Waals surface area contributed by atoms with Crippen LogP contribution in [0, 0.1) is 5.92 Å². The van der Waals surface area contributed by atoms with Crippen LogP contribution >= 0.6 is 0 Å². The number of hydrogen-bond donors (Lipinski definition) is 2. The fourth-order valence-electron chi connectivity index (χ4n) is 2.24. The summed E-state index contributed by atoms with van der Waals surface area (Å²) in [6.45, 7) is 4.63. The first-order chi connectivity index (χ1) is 8.67. The summed E-state index contributed by atoms with van der Waals surface area (Å²) in [7, 11) is 5.89. The molecule has 0 saturated carbocycles. The van der Waals surface area contributed by atoms with E-state index in [1.807, 2.05) is 7.05 Å². The molecule has 0 spiro atoms. The Balaban J connectivity index is 2.36. The molecule has 1 saturated heterocycles. The van der Waals surface area contributed by atoms with Crippen molar-refractivity contribution >= 4 is 5.96 Å². The highest BCUT2D eigenvalue weighted by Crippen LogP contribution is 2.16. The van der Waals surface area contributed by atoms with E-state index < -0.39 is 0 Å². The van der Waals surface area contributed by atoms with E-state index in [4.69, 9.17) is 10.6 Å². The van der Waals surface area contributed by atoms with Gasteiger partial charge in [-0.2, -0.15) is 0 Å². The van der Waals surface area contributed by atoms with Gasteiger partial charge in [-0.1, -0.05) is 0 Å². The van der Waals surface area contributed by atoms with Gasteiger partial charge in [-0.25, -0.2) is 10.8 Å². The van der Waals surface area contributed by atoms with Crippen LogP contribution in [0.25, 0.3) is 0 Å². The average molecular weight is 257 g/mol. The Morgan fingerprint density at radius 2 is 2.17 bits per heavy atom. The van der Waals surface area contributed by atoms with Crippen LogP contribution in [0.5, 0.6) is 0 Å². The number of guanidine groups is 1. The Labute approximate surface area is 110 Å². The van der Waals surface area contributed by atoms with E-state index >= 15 is 0 Å². The molecule has 0 radical (unpaired) electrons. The largest absolute Gasteiger partial charge is 0.383 e. The molecular weight excluding hydrogens is 230 g/mol. The third kappa shape index (κ3) is 5.20. The van der Waals surface area contributed by atoms with Crippen molar-refractivity contribution in [2.75, 3.05) is 54.0 Å². The lowest BCUT2D eigenvalue weighted by Crippen LogP contribution is -2.46. The second kappa shape index (κ2) is 8.29. The molecule has 6 nitrogen and oxygen atoms in total. The van der Waals surface area contributed by atoms with E-state index in [1.165, 1.54) is 25.9 Å². The fraction of sp³-hybridized carbons (Fsp3) is 0.917. The smallest absolute Gasteiger partial charge is 0.208 e. The number of nitrogens with one attached hydrogen (secondary N) is 1. The van der Waals surface area contributed by atoms with Crippen LogP contribution in [0.3, 0.4) is 0 Å². The highest BCUT2D eigenvalue weighted by molar-refractivity contribution is 5.79. The van der Waals surface area contributed by atoms with E-state index in [0.717, 1.165) is 18.4 Å². The van der Waals surface area contributed by atoms with Crippen molar-refractivity contribution in [3.63, 3.8) is 0 Å². The monoisotopic (exact) mass is 257 g/mol. The van der Waals surface area contributed by atoms with Crippen LogP contribution in [0.1, 0.15) is 12.8 Å². The van der Waals surface area contributed by atoms with Crippen LogP contribution in [0.2, 0.25) is 0 Å². The molecule has 1 fully saturated rings. The number of aliphatic imine (C=N–C) groups is 1. The topological polar surface area (TPSA) is 66.1 Å². The number of methoxy groups -OCH3 is 1. The molecule has 0 bridgehead atoms. The fourth-order valence-corrected chi connectivity index (χ4v) is 2.24. The average Bonchev–Trinajstić information content (AvgIpc) is 2.37. The molecule has 0 aliphatic carbocycles. The maximum atomic E-state index is 5.51. The second-order valence-electron chi connectivity index (χ2n) is 4.97. The van der Waals surface area contributed by atoms with Crippen molar-refractivity contribution < 1.29 is 4.74 Å². The van der Waals surface area contributed by atoms with Crippen molar-refractivity contribution in [1.29, 1.82) is 0 Å². The molecule has 1 rings (SSSR count). The van der Waals surface area contributed by atoms with Gasteiger partial charge in [-0.15, -0.1) is 0 Å². The maximum Gasteiger partial charge on any atom is 0.208 e. The van der Waals surface area contributed by atoms with Crippen molar-refractivity contribution in [3.8, 4) is 0 Å². The molecule has 1 aliphatic heterocycles. The predicted octanol–water partition coefficient (Wildman–Crippen LogP) is -0.274. The minimum atomic E-state index is 0.618. The molecule has 3 N–H and O–H groups in total. The molecule has 0 aromatic carbocycles. The second-order valence-corrected chi connectivity index (χ2v) is 4.97. The molecule has 1 aliphatic rings. The van der Waals surface area contributed by atoms with Crippen molar-refractivity contribution in [2.45, 2.75) is 12.8 Å². The maximum absolute atomic E-state index is 5.51. The highest BCUT2D eigenvalue weighted by Gasteiger charge is 2.19. The molecule has 1 heterocycles. The Bertz CT molecular complexity index is 251. The zero-order valence-electron chi connectivity index (χ0n) is 11.9. The van der Waals surface area contributed by atoms with E-state index in [1.54, 1.807) is 7.11 Å². The van der Waals surface area contributed by atoms with Crippen LogP contribution < -0.4 is 11.3 Å². The lowest BCUT2D eigenvalue weighted by atomic mass is 9.97. The quantitative estimate of drug-likeness (QED) is 0.233. The first-order valence-corrected chi connectivity index (χ1v) is 6.57. The molecule has 6 heteroatoms. The number of hydrazine groups is 1. The van der Waals surface area contributed by atoms with Gasteiger partial charge in [-0.3, -0.25) is 5.43 Å². The number of nitrogens with zero attached hydrogens (tertiary/aromatic N) is 3. The summed E-state index contributed by atoms with van der Waals surface area (Å²) < 4.78 is 4.98. The number of nitrogens with two attached hydrogens (primary N) is 1. The van der Waals surface area contributed by atoms with Gasteiger partial charge in [0.1, 0.15) is 0 Å². The number of piperidine rings is 1. The van der Waals surface area contributed by atoms with Crippen LogP contribution in [-0.4, -0.2) is 69.8 Å². The Hall–Kier alpha value is -0.850. The van der Waals surface area contributed by atoms with Gasteiger partial charge in [0.2, 0.25) is 5.96 Å². The van der Waals surface area contributed by atoms with E-state index in [9.17, 15) is 0 Å². The Morgan fingerprint density at radius 3 is 2.72 bits per heavy atom. The van der Waals surface area contributed by atoms with Gasteiger partial charge in [-0.05, 0) is 38.9 Å². The minimum absolute atomic E-state index is 0.618. The third-order valence-corrected chi connectivity index (χ3v) is 3.42. The standard InChI is InChI=1S/C12H27N5O/c1-16-7-4-11(5-8-16)10-17(2)12(15-13)14-6-9-18-3/h11H,4-10,13H2,1-3H3,(H,14,15). The summed E-state index contributed by atoms with van der Waals surface area (Å²) in [6, 6.07) is 0. The van der Waals surface area contributed by atoms with Gasteiger partial charge >= 0.3 is 0 Å². The first kappa shape index (κ1) is 15.2. The molecule has 18 heavy (non-hydrogen) atoms. The molecule has 0 aromatic rings. The number of likely N-dealkylation sites (tertiary alicyclic amines) is 1. The highest BCUT2D eigenvalue weighted by atomic mass is 16.5. The predicted molar refractivity (Wildman–Crippen MR) is 74.4 cm³/mol. The van der Waals surface area contributed by atoms with Gasteiger partial charge < -0.3 is 14.5 Å². The number of ether oxygens (including phenoxy) is 1. The van der Waals surface area contributed by atoms with Gasteiger partial charge in [0.05, 0.1) is 13.2 Å². The van der Waals surface area contributed by atoms with Gasteiger partial charge in [0.25, 0.3) is 0 Å². The van der Waals surface area contributed by atoms with Crippen LogP contribution in [0.4, 0.5) is 0 Å². The minimum Gasteiger partial charge on any atom is -0.383 e. The van der Waals surface area contributed by atoms with Crippen molar-refractivity contribution in [1.82, 2.24) is 15.2 Å². The lowest BCUT2D eigenvalue weighted by molar-refractivity contribution is 0.197. The molecule has 0 amide bonds. The zero-order valence-corrected chi connectivity index (χ0v) is 11.9. The molecular formula is C12H27N5O. The van der Waals surface area contributed by atoms with Crippen molar-refractivity contribution in [2.24, 2.45) is 16.8 Å². The third-order valence-electron chi connectivity index (χ3n) is 3.42. The van der Waals surface area contributed by atoms with Gasteiger partial charge in [0, 0.05) is 20.7 Å². The van der Waals surface area contributed by atoms with Crippen LogP contribution in [-0.2, 0) is 4.74 Å². The van der Waals surface area contributed by atoms with E-state index in [-0.39, 0.29) is 0 Å². The summed E-state index contributed by atoms with van der Waals surface area (Å²) in [4.78, 5) is 8.87. The summed E-state index contributed by atoms with van der Waals surface area (Å²) in [5.74, 6) is 6.98. The zero-order chi connectivity index (χ0) is 13.4. The van der Waals surface area contributed by atoms with E-state index in [2.05, 4.69) is 27.3 Å². The normalized spacial score (nSPS) is 19.0. The SMILES string of the molecule is COCCN=C(NN)N(C)CC1CCN(C)CC1. The summed E-state index contributed by atoms with van der Waals surface area (Å²) in [5, 5.41) is 0. The molecule has 0 atom stereocenters. The molecule has 0 unspecified atom stereocenters. The van der Waals surface area contributed by atoms with Crippen molar-refractivity contribution in [3.05, 3.63) is 0 Å². The van der Waals surface area contributed by atoms with Crippen LogP contribution in [0.15, 0.2) is 4.99 Å². The summed E-state index contributed by atoms with van der Waals surface area (Å²) >= 11 is 0. The Morgan fingerprint density at radius 1 is 1.50 bits per heavy atom.